The van der Waals surface area contributed by atoms with Crippen molar-refractivity contribution in [3.05, 3.63) is 29.8 Å². The summed E-state index contributed by atoms with van der Waals surface area (Å²) in [5.74, 6) is 0. The monoisotopic (exact) mass is 295 g/mol. The summed E-state index contributed by atoms with van der Waals surface area (Å²) < 4.78 is 0. The van der Waals surface area contributed by atoms with E-state index in [1.54, 1.807) is 0 Å². The van der Waals surface area contributed by atoms with Crippen molar-refractivity contribution in [2.45, 2.75) is 19.9 Å². The highest BCUT2D eigenvalue weighted by Crippen LogP contribution is 2.23. The van der Waals surface area contributed by atoms with Gasteiger partial charge in [-0.1, -0.05) is 24.4 Å². The SMILES string of the molecule is CCN(CC)c1ccc(C(C(N)=S)N(C)CCO)cc1. The zero-order chi connectivity index (χ0) is 15.1. The molecular weight excluding hydrogens is 270 g/mol. The normalized spacial score (nSPS) is 12.4. The molecule has 1 aromatic rings. The lowest BCUT2D eigenvalue weighted by molar-refractivity contribution is 0.207. The van der Waals surface area contributed by atoms with E-state index in [-0.39, 0.29) is 12.6 Å². The van der Waals surface area contributed by atoms with Gasteiger partial charge in [0.05, 0.1) is 17.6 Å². The number of likely N-dealkylation sites (N-methyl/N-ethyl adjacent to an activating group) is 1. The fraction of sp³-hybridized carbons (Fsp3) is 0.533. The number of thiocarbonyl (C=S) groups is 1. The molecule has 0 saturated heterocycles. The Hall–Kier alpha value is -1.17. The lowest BCUT2D eigenvalue weighted by Gasteiger charge is -2.28. The van der Waals surface area contributed by atoms with Gasteiger partial charge in [0.2, 0.25) is 0 Å². The Bertz CT molecular complexity index is 418. The number of hydrogen-bond donors (Lipinski definition) is 2. The summed E-state index contributed by atoms with van der Waals surface area (Å²) in [6.45, 7) is 6.89. The average Bonchev–Trinajstić information content (AvgIpc) is 2.42. The predicted octanol–water partition coefficient (Wildman–Crippen LogP) is 1.78. The molecule has 3 N–H and O–H groups in total. The van der Waals surface area contributed by atoms with Crippen molar-refractivity contribution < 1.29 is 5.11 Å². The second-order valence-electron chi connectivity index (χ2n) is 4.77. The quantitative estimate of drug-likeness (QED) is 0.716. The Kier molecular flexibility index (Phi) is 6.91. The number of anilines is 1. The van der Waals surface area contributed by atoms with Crippen molar-refractivity contribution >= 4 is 22.9 Å². The standard InChI is InChI=1S/C15H25N3OS/c1-4-18(5-2)13-8-6-12(7-9-13)14(15(16)20)17(3)10-11-19/h6-9,14,19H,4-5,10-11H2,1-3H3,(H2,16,20). The number of nitrogens with two attached hydrogens (primary N) is 1. The van der Waals surface area contributed by atoms with Crippen molar-refractivity contribution in [1.82, 2.24) is 4.90 Å². The first-order valence-electron chi connectivity index (χ1n) is 7.00. The van der Waals surface area contributed by atoms with Crippen LogP contribution in [0.2, 0.25) is 0 Å². The van der Waals surface area contributed by atoms with Crippen LogP contribution < -0.4 is 10.6 Å². The molecule has 1 aromatic carbocycles. The van der Waals surface area contributed by atoms with Crippen LogP contribution in [0.5, 0.6) is 0 Å². The van der Waals surface area contributed by atoms with Crippen LogP contribution in [0.3, 0.4) is 0 Å². The molecule has 0 radical (unpaired) electrons. The van der Waals surface area contributed by atoms with E-state index in [1.807, 2.05) is 11.9 Å². The van der Waals surface area contributed by atoms with E-state index in [2.05, 4.69) is 43.0 Å². The van der Waals surface area contributed by atoms with Gasteiger partial charge in [0.25, 0.3) is 0 Å². The number of rotatable bonds is 8. The fourth-order valence-electron chi connectivity index (χ4n) is 2.38. The molecule has 0 aliphatic rings. The maximum atomic E-state index is 9.06. The third-order valence-electron chi connectivity index (χ3n) is 3.50. The molecule has 0 saturated carbocycles. The van der Waals surface area contributed by atoms with Gasteiger partial charge in [0.1, 0.15) is 0 Å². The van der Waals surface area contributed by atoms with Crippen LogP contribution in [0.25, 0.3) is 0 Å². The number of benzene rings is 1. The first-order valence-corrected chi connectivity index (χ1v) is 7.41. The second-order valence-corrected chi connectivity index (χ2v) is 5.24. The lowest BCUT2D eigenvalue weighted by Crippen LogP contribution is -2.35. The Morgan fingerprint density at radius 1 is 1.25 bits per heavy atom. The molecule has 4 nitrogen and oxygen atoms in total. The minimum absolute atomic E-state index is 0.0904. The third-order valence-corrected chi connectivity index (χ3v) is 3.72. The topological polar surface area (TPSA) is 52.7 Å². The Balaban J connectivity index is 2.96. The van der Waals surface area contributed by atoms with Crippen LogP contribution in [0.15, 0.2) is 24.3 Å². The molecule has 1 unspecified atom stereocenters. The molecule has 112 valence electrons. The Labute approximate surface area is 127 Å². The van der Waals surface area contributed by atoms with E-state index in [0.29, 0.717) is 11.5 Å². The molecule has 0 aliphatic carbocycles. The molecule has 0 amide bonds. The van der Waals surface area contributed by atoms with Crippen molar-refractivity contribution in [1.29, 1.82) is 0 Å². The summed E-state index contributed by atoms with van der Waals surface area (Å²) in [4.78, 5) is 4.68. The largest absolute Gasteiger partial charge is 0.395 e. The third kappa shape index (κ3) is 4.16. The van der Waals surface area contributed by atoms with Crippen molar-refractivity contribution in [2.24, 2.45) is 5.73 Å². The van der Waals surface area contributed by atoms with Gasteiger partial charge in [0.15, 0.2) is 0 Å². The number of hydrogen-bond acceptors (Lipinski definition) is 4. The van der Waals surface area contributed by atoms with Gasteiger partial charge in [0, 0.05) is 25.3 Å². The average molecular weight is 295 g/mol. The minimum Gasteiger partial charge on any atom is -0.395 e. The minimum atomic E-state index is -0.136. The van der Waals surface area contributed by atoms with Crippen LogP contribution in [-0.2, 0) is 0 Å². The first-order chi connectivity index (χ1) is 9.54. The summed E-state index contributed by atoms with van der Waals surface area (Å²) in [7, 11) is 1.92. The molecule has 20 heavy (non-hydrogen) atoms. The Morgan fingerprint density at radius 2 is 1.80 bits per heavy atom. The summed E-state index contributed by atoms with van der Waals surface area (Å²) in [5.41, 5.74) is 8.11. The van der Waals surface area contributed by atoms with Crippen molar-refractivity contribution in [2.75, 3.05) is 38.2 Å². The number of nitrogens with zero attached hydrogens (tertiary/aromatic N) is 2. The van der Waals surface area contributed by atoms with E-state index in [1.165, 1.54) is 5.69 Å². The smallest absolute Gasteiger partial charge is 0.0948 e. The molecule has 1 rings (SSSR count). The Morgan fingerprint density at radius 3 is 2.20 bits per heavy atom. The van der Waals surface area contributed by atoms with E-state index >= 15 is 0 Å². The molecule has 0 aromatic heterocycles. The first kappa shape index (κ1) is 16.9. The molecule has 5 heteroatoms. The van der Waals surface area contributed by atoms with Gasteiger partial charge in [-0.2, -0.15) is 0 Å². The van der Waals surface area contributed by atoms with Crippen molar-refractivity contribution in [3.63, 3.8) is 0 Å². The molecule has 0 spiro atoms. The highest BCUT2D eigenvalue weighted by Gasteiger charge is 2.19. The van der Waals surface area contributed by atoms with Gasteiger partial charge in [-0.3, -0.25) is 4.90 Å². The molecule has 0 heterocycles. The maximum absolute atomic E-state index is 9.06. The molecule has 1 atom stereocenters. The van der Waals surface area contributed by atoms with Crippen molar-refractivity contribution in [3.8, 4) is 0 Å². The summed E-state index contributed by atoms with van der Waals surface area (Å²) in [6, 6.07) is 8.18. The van der Waals surface area contributed by atoms with E-state index in [9.17, 15) is 0 Å². The lowest BCUT2D eigenvalue weighted by atomic mass is 10.0. The molecule has 0 aliphatic heterocycles. The predicted molar refractivity (Wildman–Crippen MR) is 89.2 cm³/mol. The molecular formula is C15H25N3OS. The van der Waals surface area contributed by atoms with Gasteiger partial charge >= 0.3 is 0 Å². The van der Waals surface area contributed by atoms with E-state index in [4.69, 9.17) is 23.1 Å². The van der Waals surface area contributed by atoms with Crippen LogP contribution in [0.1, 0.15) is 25.5 Å². The summed E-state index contributed by atoms with van der Waals surface area (Å²) in [5, 5.41) is 9.06. The van der Waals surface area contributed by atoms with Gasteiger partial charge < -0.3 is 15.7 Å². The molecule has 0 fully saturated rings. The molecule has 0 bridgehead atoms. The highest BCUT2D eigenvalue weighted by molar-refractivity contribution is 7.80. The summed E-state index contributed by atoms with van der Waals surface area (Å²) >= 11 is 5.16. The van der Waals surface area contributed by atoms with E-state index < -0.39 is 0 Å². The van der Waals surface area contributed by atoms with Gasteiger partial charge in [-0.15, -0.1) is 0 Å². The fourth-order valence-corrected chi connectivity index (χ4v) is 2.70. The van der Waals surface area contributed by atoms with E-state index in [0.717, 1.165) is 18.7 Å². The summed E-state index contributed by atoms with van der Waals surface area (Å²) in [6.07, 6.45) is 0. The van der Waals surface area contributed by atoms with Crippen LogP contribution in [0.4, 0.5) is 5.69 Å². The second kappa shape index (κ2) is 8.19. The van der Waals surface area contributed by atoms with Crippen LogP contribution in [0, 0.1) is 0 Å². The zero-order valence-corrected chi connectivity index (χ0v) is 13.4. The number of aliphatic hydroxyl groups is 1. The van der Waals surface area contributed by atoms with Crippen LogP contribution in [-0.4, -0.2) is 48.3 Å². The van der Waals surface area contributed by atoms with Crippen LogP contribution >= 0.6 is 12.2 Å². The number of aliphatic hydroxyl groups excluding tert-OH is 1. The highest BCUT2D eigenvalue weighted by atomic mass is 32.1. The van der Waals surface area contributed by atoms with Gasteiger partial charge in [-0.05, 0) is 38.6 Å². The van der Waals surface area contributed by atoms with Gasteiger partial charge in [-0.25, -0.2) is 0 Å². The maximum Gasteiger partial charge on any atom is 0.0948 e. The zero-order valence-electron chi connectivity index (χ0n) is 12.5.